The van der Waals surface area contributed by atoms with Crippen molar-refractivity contribution in [1.29, 1.82) is 0 Å². The molecule has 2 rings (SSSR count). The zero-order valence-corrected chi connectivity index (χ0v) is 12.2. The molecule has 1 aromatic heterocycles. The Morgan fingerprint density at radius 1 is 1.58 bits per heavy atom. The third-order valence-corrected chi connectivity index (χ3v) is 3.81. The monoisotopic (exact) mass is 263 g/mol. The molecule has 0 saturated carbocycles. The average molecular weight is 263 g/mol. The van der Waals surface area contributed by atoms with E-state index in [4.69, 9.17) is 4.74 Å². The summed E-state index contributed by atoms with van der Waals surface area (Å²) in [4.78, 5) is 6.75. The molecule has 1 aliphatic heterocycles. The van der Waals surface area contributed by atoms with Crippen LogP contribution in [0.3, 0.4) is 0 Å². The lowest BCUT2D eigenvalue weighted by Gasteiger charge is -2.37. The molecule has 19 heavy (non-hydrogen) atoms. The Balaban J connectivity index is 2.11. The van der Waals surface area contributed by atoms with Gasteiger partial charge in [0.25, 0.3) is 0 Å². The lowest BCUT2D eigenvalue weighted by molar-refractivity contribution is -0.0460. The number of morpholine rings is 1. The van der Waals surface area contributed by atoms with Crippen molar-refractivity contribution in [3.63, 3.8) is 0 Å². The summed E-state index contributed by atoms with van der Waals surface area (Å²) in [5, 5.41) is 3.40. The Labute approximate surface area is 116 Å². The molecule has 2 unspecified atom stereocenters. The van der Waals surface area contributed by atoms with Crippen molar-refractivity contribution in [3.05, 3.63) is 29.6 Å². The molecule has 0 radical (unpaired) electrons. The van der Waals surface area contributed by atoms with Crippen molar-refractivity contribution >= 4 is 0 Å². The van der Waals surface area contributed by atoms with E-state index < -0.39 is 0 Å². The van der Waals surface area contributed by atoms with E-state index in [9.17, 15) is 0 Å². The molecule has 0 bridgehead atoms. The van der Waals surface area contributed by atoms with E-state index in [1.165, 1.54) is 17.5 Å². The normalized spacial score (nSPS) is 22.4. The van der Waals surface area contributed by atoms with Crippen molar-refractivity contribution < 1.29 is 4.74 Å². The second-order valence-electron chi connectivity index (χ2n) is 5.21. The number of ether oxygens (including phenoxy) is 1. The lowest BCUT2D eigenvalue weighted by atomic mass is 9.98. The van der Waals surface area contributed by atoms with Gasteiger partial charge in [-0.05, 0) is 44.1 Å². The minimum absolute atomic E-state index is 0.202. The molecule has 2 heterocycles. The van der Waals surface area contributed by atoms with Gasteiger partial charge < -0.3 is 10.1 Å². The Kier molecular flexibility index (Phi) is 5.31. The van der Waals surface area contributed by atoms with Crippen molar-refractivity contribution in [2.24, 2.45) is 0 Å². The molecular formula is C15H25N3O. The number of nitrogens with one attached hydrogen (secondary N) is 1. The number of hydrogen-bond acceptors (Lipinski definition) is 4. The molecule has 2 atom stereocenters. The van der Waals surface area contributed by atoms with E-state index in [0.29, 0.717) is 0 Å². The van der Waals surface area contributed by atoms with Crippen molar-refractivity contribution in [2.75, 3.05) is 33.3 Å². The first kappa shape index (κ1) is 14.4. The third kappa shape index (κ3) is 3.53. The number of nitrogens with zero attached hydrogens (tertiary/aromatic N) is 2. The highest BCUT2D eigenvalue weighted by atomic mass is 16.5. The molecule has 0 spiro atoms. The van der Waals surface area contributed by atoms with Crippen LogP contribution in [0.1, 0.15) is 30.5 Å². The summed E-state index contributed by atoms with van der Waals surface area (Å²) >= 11 is 0. The van der Waals surface area contributed by atoms with Crippen LogP contribution in [0, 0.1) is 6.92 Å². The van der Waals surface area contributed by atoms with Gasteiger partial charge in [-0.1, -0.05) is 6.92 Å². The molecule has 0 amide bonds. The van der Waals surface area contributed by atoms with Gasteiger partial charge in [-0.2, -0.15) is 0 Å². The van der Waals surface area contributed by atoms with Crippen LogP contribution in [0.5, 0.6) is 0 Å². The third-order valence-electron chi connectivity index (χ3n) is 3.81. The van der Waals surface area contributed by atoms with Gasteiger partial charge in [0.15, 0.2) is 0 Å². The van der Waals surface area contributed by atoms with Crippen molar-refractivity contribution in [1.82, 2.24) is 15.2 Å². The van der Waals surface area contributed by atoms with E-state index in [-0.39, 0.29) is 12.1 Å². The molecular weight excluding hydrogens is 238 g/mol. The van der Waals surface area contributed by atoms with Gasteiger partial charge in [-0.3, -0.25) is 9.88 Å². The summed E-state index contributed by atoms with van der Waals surface area (Å²) in [6, 6.07) is 2.28. The smallest absolute Gasteiger partial charge is 0.0897 e. The van der Waals surface area contributed by atoms with Gasteiger partial charge in [0.2, 0.25) is 0 Å². The van der Waals surface area contributed by atoms with E-state index in [1.54, 1.807) is 0 Å². The van der Waals surface area contributed by atoms with Crippen LogP contribution >= 0.6 is 0 Å². The van der Waals surface area contributed by atoms with Crippen LogP contribution in [0.4, 0.5) is 0 Å². The zero-order chi connectivity index (χ0) is 13.7. The summed E-state index contributed by atoms with van der Waals surface area (Å²) in [6.07, 6.45) is 5.20. The number of aryl methyl sites for hydroxylation is 1. The molecule has 0 aromatic carbocycles. The summed E-state index contributed by atoms with van der Waals surface area (Å²) in [5.74, 6) is 0. The van der Waals surface area contributed by atoms with E-state index >= 15 is 0 Å². The molecule has 1 saturated heterocycles. The fourth-order valence-electron chi connectivity index (χ4n) is 2.80. The second kappa shape index (κ2) is 6.98. The van der Waals surface area contributed by atoms with Gasteiger partial charge in [-0.25, -0.2) is 0 Å². The summed E-state index contributed by atoms with van der Waals surface area (Å²) < 4.78 is 5.99. The number of likely N-dealkylation sites (N-methyl/N-ethyl adjacent to an activating group) is 1. The number of rotatable bonds is 5. The summed E-state index contributed by atoms with van der Waals surface area (Å²) in [5.41, 5.74) is 2.51. The molecule has 1 aromatic rings. The summed E-state index contributed by atoms with van der Waals surface area (Å²) in [7, 11) is 2.00. The molecule has 1 N–H and O–H groups in total. The van der Waals surface area contributed by atoms with Crippen molar-refractivity contribution in [2.45, 2.75) is 32.4 Å². The van der Waals surface area contributed by atoms with Gasteiger partial charge in [0, 0.05) is 25.5 Å². The van der Waals surface area contributed by atoms with E-state index in [1.807, 2.05) is 19.4 Å². The van der Waals surface area contributed by atoms with Crippen LogP contribution in [0.25, 0.3) is 0 Å². The van der Waals surface area contributed by atoms with Gasteiger partial charge in [-0.15, -0.1) is 0 Å². The predicted octanol–water partition coefficient (Wildman–Crippen LogP) is 1.76. The van der Waals surface area contributed by atoms with Crippen LogP contribution in [-0.2, 0) is 4.74 Å². The Morgan fingerprint density at radius 2 is 2.42 bits per heavy atom. The maximum atomic E-state index is 5.99. The number of hydrogen-bond donors (Lipinski definition) is 1. The molecule has 1 fully saturated rings. The first-order valence-corrected chi connectivity index (χ1v) is 7.18. The van der Waals surface area contributed by atoms with Gasteiger partial charge in [0.1, 0.15) is 0 Å². The topological polar surface area (TPSA) is 37.4 Å². The Morgan fingerprint density at radius 3 is 3.11 bits per heavy atom. The van der Waals surface area contributed by atoms with E-state index in [0.717, 1.165) is 26.2 Å². The van der Waals surface area contributed by atoms with Crippen LogP contribution in [-0.4, -0.2) is 49.3 Å². The molecule has 1 aliphatic rings. The Bertz CT molecular complexity index is 395. The van der Waals surface area contributed by atoms with Gasteiger partial charge in [0.05, 0.1) is 18.8 Å². The minimum atomic E-state index is 0.202. The first-order valence-electron chi connectivity index (χ1n) is 7.18. The second-order valence-corrected chi connectivity index (χ2v) is 5.21. The molecule has 4 nitrogen and oxygen atoms in total. The predicted molar refractivity (Wildman–Crippen MR) is 77.2 cm³/mol. The highest BCUT2D eigenvalue weighted by Gasteiger charge is 2.28. The van der Waals surface area contributed by atoms with Crippen molar-refractivity contribution in [3.8, 4) is 0 Å². The van der Waals surface area contributed by atoms with Crippen LogP contribution < -0.4 is 5.32 Å². The summed E-state index contributed by atoms with van der Waals surface area (Å²) in [6.45, 7) is 8.38. The molecule has 4 heteroatoms. The number of pyridine rings is 1. The highest BCUT2D eigenvalue weighted by molar-refractivity contribution is 5.26. The van der Waals surface area contributed by atoms with Crippen LogP contribution in [0.15, 0.2) is 18.5 Å². The van der Waals surface area contributed by atoms with Gasteiger partial charge >= 0.3 is 0 Å². The average Bonchev–Trinajstić information content (AvgIpc) is 2.43. The maximum Gasteiger partial charge on any atom is 0.0897 e. The molecule has 106 valence electrons. The maximum absolute atomic E-state index is 5.99. The number of aromatic nitrogens is 1. The minimum Gasteiger partial charge on any atom is -0.374 e. The lowest BCUT2D eigenvalue weighted by Crippen LogP contribution is -2.48. The SMILES string of the molecule is CCCN1CCOC(C(NC)c2cnccc2C)C1. The fourth-order valence-corrected chi connectivity index (χ4v) is 2.80. The fraction of sp³-hybridized carbons (Fsp3) is 0.667. The zero-order valence-electron chi connectivity index (χ0n) is 12.2. The van der Waals surface area contributed by atoms with Crippen LogP contribution in [0.2, 0.25) is 0 Å². The highest BCUT2D eigenvalue weighted by Crippen LogP contribution is 2.24. The largest absolute Gasteiger partial charge is 0.374 e. The standard InChI is InChI=1S/C15H25N3O/c1-4-7-18-8-9-19-14(11-18)15(16-3)13-10-17-6-5-12(13)2/h5-6,10,14-16H,4,7-9,11H2,1-3H3. The Hall–Kier alpha value is -0.970. The quantitative estimate of drug-likeness (QED) is 0.878. The first-order chi connectivity index (χ1) is 9.26. The van der Waals surface area contributed by atoms with E-state index in [2.05, 4.69) is 35.1 Å². The molecule has 0 aliphatic carbocycles.